The molecule has 0 bridgehead atoms. The molecule has 184 valence electrons. The minimum absolute atomic E-state index is 0.130. The van der Waals surface area contributed by atoms with Crippen molar-refractivity contribution in [3.8, 4) is 0 Å². The van der Waals surface area contributed by atoms with Gasteiger partial charge in [0.2, 0.25) is 0 Å². The number of aromatic nitrogens is 4. The number of ether oxygens (including phenoxy) is 1. The number of esters is 1. The largest absolute Gasteiger partial charge is 0.461 e. The number of carbonyl (C=O) groups excluding carboxylic acids is 1. The molecule has 7 atom stereocenters. The minimum atomic E-state index is -0.714. The van der Waals surface area contributed by atoms with Crippen molar-refractivity contribution in [3.05, 3.63) is 29.6 Å². The third-order valence-electron chi connectivity index (χ3n) is 7.49. The Morgan fingerprint density at radius 3 is 2.73 bits per heavy atom. The number of aliphatic hydroxyl groups excluding tert-OH is 2. The molecule has 0 amide bonds. The SMILES string of the molecule is CCC(C)(C)C(=O)O[C@H]1C[C@@H](C)C=C2C=C[C@H](C)[C@H](CC[C@@H](O)C[C@@H](O)Cc3nnn[nH]3)[C@H]21. The fourth-order valence-corrected chi connectivity index (χ4v) is 5.05. The van der Waals surface area contributed by atoms with Crippen molar-refractivity contribution in [1.82, 2.24) is 20.6 Å². The van der Waals surface area contributed by atoms with Crippen LogP contribution in [0.4, 0.5) is 0 Å². The van der Waals surface area contributed by atoms with Crippen molar-refractivity contribution in [2.45, 2.75) is 91.5 Å². The van der Waals surface area contributed by atoms with Gasteiger partial charge in [0.05, 0.1) is 17.6 Å². The van der Waals surface area contributed by atoms with Crippen LogP contribution in [0, 0.1) is 29.1 Å². The average molecular weight is 461 g/mol. The van der Waals surface area contributed by atoms with Crippen LogP contribution in [0.25, 0.3) is 0 Å². The van der Waals surface area contributed by atoms with E-state index in [0.717, 1.165) is 19.3 Å². The van der Waals surface area contributed by atoms with Gasteiger partial charge in [-0.25, -0.2) is 5.10 Å². The molecule has 0 aromatic carbocycles. The zero-order chi connectivity index (χ0) is 24.2. The minimum Gasteiger partial charge on any atom is -0.461 e. The molecule has 8 heteroatoms. The molecule has 0 spiro atoms. The lowest BCUT2D eigenvalue weighted by atomic mass is 9.65. The van der Waals surface area contributed by atoms with Crippen molar-refractivity contribution in [2.75, 3.05) is 0 Å². The summed E-state index contributed by atoms with van der Waals surface area (Å²) < 4.78 is 6.16. The van der Waals surface area contributed by atoms with E-state index in [1.54, 1.807) is 0 Å². The van der Waals surface area contributed by atoms with Crippen LogP contribution in [0.1, 0.15) is 72.5 Å². The van der Waals surface area contributed by atoms with E-state index in [0.29, 0.717) is 24.1 Å². The number of nitrogens with zero attached hydrogens (tertiary/aromatic N) is 3. The number of aliphatic hydroxyl groups is 2. The number of tetrazole rings is 1. The van der Waals surface area contributed by atoms with Gasteiger partial charge in [-0.15, -0.1) is 5.10 Å². The first-order chi connectivity index (χ1) is 15.6. The van der Waals surface area contributed by atoms with Gasteiger partial charge in [0.1, 0.15) is 6.10 Å². The zero-order valence-electron chi connectivity index (χ0n) is 20.6. The van der Waals surface area contributed by atoms with Crippen LogP contribution >= 0.6 is 0 Å². The maximum atomic E-state index is 12.9. The molecule has 0 fully saturated rings. The Morgan fingerprint density at radius 2 is 2.06 bits per heavy atom. The van der Waals surface area contributed by atoms with Crippen LogP contribution in [0.15, 0.2) is 23.8 Å². The molecule has 1 heterocycles. The zero-order valence-corrected chi connectivity index (χ0v) is 20.6. The van der Waals surface area contributed by atoms with Gasteiger partial charge < -0.3 is 14.9 Å². The normalized spacial score (nSPS) is 29.2. The summed E-state index contributed by atoms with van der Waals surface area (Å²) in [6, 6.07) is 0. The van der Waals surface area contributed by atoms with Gasteiger partial charge in [0.25, 0.3) is 0 Å². The molecule has 2 aliphatic carbocycles. The highest BCUT2D eigenvalue weighted by molar-refractivity contribution is 5.76. The first-order valence-corrected chi connectivity index (χ1v) is 12.3. The van der Waals surface area contributed by atoms with E-state index in [9.17, 15) is 15.0 Å². The highest BCUT2D eigenvalue weighted by Crippen LogP contribution is 2.45. The smallest absolute Gasteiger partial charge is 0.311 e. The Hall–Kier alpha value is -2.06. The molecule has 33 heavy (non-hydrogen) atoms. The molecule has 0 saturated carbocycles. The highest BCUT2D eigenvalue weighted by atomic mass is 16.5. The molecule has 0 saturated heterocycles. The van der Waals surface area contributed by atoms with Crippen LogP contribution in [0.5, 0.6) is 0 Å². The van der Waals surface area contributed by atoms with Crippen LogP contribution < -0.4 is 0 Å². The van der Waals surface area contributed by atoms with Gasteiger partial charge in [0, 0.05) is 12.3 Å². The molecule has 1 aromatic heterocycles. The van der Waals surface area contributed by atoms with Crippen molar-refractivity contribution in [2.24, 2.45) is 29.1 Å². The first kappa shape index (κ1) is 25.6. The molecule has 2 aliphatic rings. The second-order valence-electron chi connectivity index (χ2n) is 10.6. The van der Waals surface area contributed by atoms with Crippen molar-refractivity contribution in [3.63, 3.8) is 0 Å². The third-order valence-corrected chi connectivity index (χ3v) is 7.49. The number of hydrogen-bond donors (Lipinski definition) is 3. The maximum Gasteiger partial charge on any atom is 0.311 e. The van der Waals surface area contributed by atoms with E-state index >= 15 is 0 Å². The first-order valence-electron chi connectivity index (χ1n) is 12.3. The number of hydrogen-bond acceptors (Lipinski definition) is 7. The fourth-order valence-electron chi connectivity index (χ4n) is 5.05. The topological polar surface area (TPSA) is 121 Å². The standard InChI is InChI=1S/C25H40N4O4/c1-6-25(4,5)24(32)33-21-12-15(2)11-17-8-7-16(3)20(23(17)21)10-9-18(30)13-19(31)14-22-26-28-29-27-22/h7-8,11,15-16,18-21,23,30-31H,6,9-10,12-14H2,1-5H3,(H,26,27,28,29)/t15-,16-,18+,19+,20-,21-,23-/m0/s1. The second-order valence-corrected chi connectivity index (χ2v) is 10.6. The van der Waals surface area contributed by atoms with Crippen LogP contribution in [0.2, 0.25) is 0 Å². The van der Waals surface area contributed by atoms with Crippen molar-refractivity contribution in [1.29, 1.82) is 0 Å². The number of rotatable bonds is 10. The van der Waals surface area contributed by atoms with Gasteiger partial charge in [-0.2, -0.15) is 0 Å². The number of carbonyl (C=O) groups is 1. The summed E-state index contributed by atoms with van der Waals surface area (Å²) in [5.74, 6) is 1.44. The fraction of sp³-hybridized carbons (Fsp3) is 0.760. The quantitative estimate of drug-likeness (QED) is 0.458. The molecule has 8 nitrogen and oxygen atoms in total. The summed E-state index contributed by atoms with van der Waals surface area (Å²) >= 11 is 0. The number of allylic oxidation sites excluding steroid dienone is 3. The highest BCUT2D eigenvalue weighted by Gasteiger charge is 2.42. The number of aromatic amines is 1. The Bertz CT molecular complexity index is 835. The van der Waals surface area contributed by atoms with E-state index < -0.39 is 17.6 Å². The van der Waals surface area contributed by atoms with Crippen LogP contribution in [0.3, 0.4) is 0 Å². The van der Waals surface area contributed by atoms with Crippen molar-refractivity contribution >= 4 is 5.97 Å². The van der Waals surface area contributed by atoms with E-state index in [-0.39, 0.29) is 36.8 Å². The average Bonchev–Trinajstić information content (AvgIpc) is 3.25. The maximum absolute atomic E-state index is 12.9. The lowest BCUT2D eigenvalue weighted by molar-refractivity contribution is -0.164. The summed E-state index contributed by atoms with van der Waals surface area (Å²) in [7, 11) is 0. The molecule has 0 radical (unpaired) electrons. The Morgan fingerprint density at radius 1 is 1.30 bits per heavy atom. The third kappa shape index (κ3) is 6.51. The number of H-pyrrole nitrogens is 1. The molecule has 1 aromatic rings. The van der Waals surface area contributed by atoms with E-state index in [1.165, 1.54) is 5.57 Å². The van der Waals surface area contributed by atoms with Gasteiger partial charge in [-0.3, -0.25) is 4.79 Å². The van der Waals surface area contributed by atoms with Gasteiger partial charge >= 0.3 is 5.97 Å². The van der Waals surface area contributed by atoms with Gasteiger partial charge in [0.15, 0.2) is 5.82 Å². The molecule has 3 N–H and O–H groups in total. The monoisotopic (exact) mass is 460 g/mol. The summed E-state index contributed by atoms with van der Waals surface area (Å²) in [4.78, 5) is 12.9. The van der Waals surface area contributed by atoms with Crippen LogP contribution in [-0.4, -0.2) is 55.1 Å². The Kier molecular flexibility index (Phi) is 8.45. The predicted octanol–water partition coefficient (Wildman–Crippen LogP) is 3.39. The van der Waals surface area contributed by atoms with E-state index in [2.05, 4.69) is 52.7 Å². The number of fused-ring (bicyclic) bond motifs is 1. The molecule has 0 unspecified atom stereocenters. The van der Waals surface area contributed by atoms with Gasteiger partial charge in [-0.1, -0.05) is 39.0 Å². The summed E-state index contributed by atoms with van der Waals surface area (Å²) in [6.07, 6.45) is 8.73. The Balaban J connectivity index is 1.66. The molecule has 3 rings (SSSR count). The lowest BCUT2D eigenvalue weighted by Crippen LogP contribution is -2.43. The summed E-state index contributed by atoms with van der Waals surface area (Å²) in [5.41, 5.74) is 0.748. The predicted molar refractivity (Wildman–Crippen MR) is 125 cm³/mol. The summed E-state index contributed by atoms with van der Waals surface area (Å²) in [6.45, 7) is 10.3. The van der Waals surface area contributed by atoms with E-state index in [4.69, 9.17) is 4.74 Å². The second kappa shape index (κ2) is 10.9. The van der Waals surface area contributed by atoms with Crippen molar-refractivity contribution < 1.29 is 19.7 Å². The molecular weight excluding hydrogens is 420 g/mol. The molecular formula is C25H40N4O4. The lowest BCUT2D eigenvalue weighted by Gasteiger charge is -2.44. The van der Waals surface area contributed by atoms with Crippen LogP contribution in [-0.2, 0) is 16.0 Å². The molecule has 0 aliphatic heterocycles. The Labute approximate surface area is 196 Å². The summed E-state index contributed by atoms with van der Waals surface area (Å²) in [5, 5.41) is 34.3. The van der Waals surface area contributed by atoms with E-state index in [1.807, 2.05) is 20.8 Å². The number of nitrogens with one attached hydrogen (secondary N) is 1. The van der Waals surface area contributed by atoms with Gasteiger partial charge in [-0.05, 0) is 79.7 Å².